The van der Waals surface area contributed by atoms with Crippen LogP contribution in [-0.4, -0.2) is 53.4 Å². The van der Waals surface area contributed by atoms with Crippen molar-refractivity contribution in [3.8, 4) is 11.1 Å². The van der Waals surface area contributed by atoms with E-state index in [2.05, 4.69) is 45.2 Å². The van der Waals surface area contributed by atoms with E-state index < -0.39 is 24.3 Å². The molecule has 2 heterocycles. The van der Waals surface area contributed by atoms with Crippen LogP contribution in [0.3, 0.4) is 0 Å². The largest absolute Gasteiger partial charge is 0.480 e. The number of piperidine rings is 1. The van der Waals surface area contributed by atoms with Gasteiger partial charge in [-0.25, -0.2) is 14.6 Å². The zero-order valence-electron chi connectivity index (χ0n) is 19.0. The average molecular weight is 537 g/mol. The molecule has 1 aromatic heterocycles. The van der Waals surface area contributed by atoms with E-state index in [-0.39, 0.29) is 19.1 Å². The molecule has 1 saturated heterocycles. The number of carboxylic acid groups (broad SMARTS) is 1. The van der Waals surface area contributed by atoms with Gasteiger partial charge in [0.15, 0.2) is 0 Å². The molecule has 1 fully saturated rings. The molecule has 5 rings (SSSR count). The van der Waals surface area contributed by atoms with Crippen LogP contribution in [0.1, 0.15) is 35.4 Å². The Morgan fingerprint density at radius 3 is 2.37 bits per heavy atom. The lowest BCUT2D eigenvalue weighted by molar-refractivity contribution is -0.155. The van der Waals surface area contributed by atoms with Crippen molar-refractivity contribution in [1.82, 2.24) is 9.88 Å². The number of hydrogen-bond acceptors (Lipinski definition) is 5. The van der Waals surface area contributed by atoms with Crippen LogP contribution in [0.2, 0.25) is 0 Å². The van der Waals surface area contributed by atoms with E-state index >= 15 is 0 Å². The van der Waals surface area contributed by atoms with Gasteiger partial charge >= 0.3 is 12.1 Å². The number of aliphatic carboxylic acids is 1. The van der Waals surface area contributed by atoms with Gasteiger partial charge in [0.05, 0.1) is 6.54 Å². The Bertz CT molecular complexity index is 1200. The van der Waals surface area contributed by atoms with E-state index in [9.17, 15) is 14.7 Å². The number of amides is 1. The lowest BCUT2D eigenvalue weighted by Gasteiger charge is -2.42. The number of carboxylic acids is 1. The Hall–Kier alpha value is -3.23. The van der Waals surface area contributed by atoms with Crippen LogP contribution >= 0.6 is 15.9 Å². The van der Waals surface area contributed by atoms with Crippen LogP contribution in [0.15, 0.2) is 71.5 Å². The first-order valence-electron chi connectivity index (χ1n) is 11.5. The van der Waals surface area contributed by atoms with Crippen molar-refractivity contribution in [2.24, 2.45) is 0 Å². The highest BCUT2D eigenvalue weighted by molar-refractivity contribution is 9.10. The summed E-state index contributed by atoms with van der Waals surface area (Å²) in [6.45, 7) is 0.472. The monoisotopic (exact) mass is 536 g/mol. The normalized spacial score (nSPS) is 19.2. The minimum atomic E-state index is -1.06. The Balaban J connectivity index is 1.33. The molecule has 3 aromatic rings. The second-order valence-electron chi connectivity index (χ2n) is 8.88. The maximum absolute atomic E-state index is 13.2. The molecule has 0 saturated carbocycles. The molecule has 2 aliphatic rings. The maximum Gasteiger partial charge on any atom is 0.409 e. The summed E-state index contributed by atoms with van der Waals surface area (Å²) in [5.41, 5.74) is 4.42. The van der Waals surface area contributed by atoms with Crippen LogP contribution in [0, 0.1) is 0 Å². The summed E-state index contributed by atoms with van der Waals surface area (Å²) in [5, 5.41) is 9.24. The highest BCUT2D eigenvalue weighted by atomic mass is 79.9. The number of carbonyl (C=O) groups is 2. The quantitative estimate of drug-likeness (QED) is 0.436. The highest BCUT2D eigenvalue weighted by Gasteiger charge is 2.41. The van der Waals surface area contributed by atoms with Crippen molar-refractivity contribution >= 4 is 28.0 Å². The number of carbonyl (C=O) groups excluding carboxylic acids is 1. The molecule has 0 spiro atoms. The number of fused-ring (bicyclic) bond motifs is 3. The fourth-order valence-electron chi connectivity index (χ4n) is 5.15. The van der Waals surface area contributed by atoms with Gasteiger partial charge in [-0.15, -0.1) is 0 Å². The second kappa shape index (κ2) is 9.79. The van der Waals surface area contributed by atoms with Gasteiger partial charge in [-0.3, -0.25) is 0 Å². The van der Waals surface area contributed by atoms with Gasteiger partial charge in [0, 0.05) is 24.2 Å². The number of likely N-dealkylation sites (tertiary alicyclic amines) is 1. The molecule has 7 nitrogen and oxygen atoms in total. The third kappa shape index (κ3) is 4.68. The fraction of sp³-hybridized carbons (Fsp3) is 0.296. The van der Waals surface area contributed by atoms with Gasteiger partial charge in [-0.2, -0.15) is 0 Å². The molecule has 1 atom stereocenters. The first-order chi connectivity index (χ1) is 17.0. The molecule has 1 amide bonds. The van der Waals surface area contributed by atoms with Crippen LogP contribution in [0.25, 0.3) is 11.1 Å². The van der Waals surface area contributed by atoms with Crippen molar-refractivity contribution in [2.45, 2.75) is 24.4 Å². The zero-order chi connectivity index (χ0) is 24.4. The third-order valence-electron chi connectivity index (χ3n) is 6.77. The zero-order valence-corrected chi connectivity index (χ0v) is 20.6. The lowest BCUT2D eigenvalue weighted by atomic mass is 9.86. The van der Waals surface area contributed by atoms with Gasteiger partial charge in [-0.1, -0.05) is 54.6 Å². The Morgan fingerprint density at radius 1 is 1.06 bits per heavy atom. The van der Waals surface area contributed by atoms with E-state index in [1.54, 1.807) is 17.2 Å². The summed E-state index contributed by atoms with van der Waals surface area (Å²) < 4.78 is 12.4. The smallest absolute Gasteiger partial charge is 0.409 e. The molecule has 0 bridgehead atoms. The van der Waals surface area contributed by atoms with E-state index in [1.807, 2.05) is 30.3 Å². The lowest BCUT2D eigenvalue weighted by Crippen LogP contribution is -2.50. The molecule has 35 heavy (non-hydrogen) atoms. The standard InChI is InChI=1S/C27H25BrN2O5/c28-24-11-10-18(14-29-24)27(35-16-25(31)32)12-5-13-30(17-27)26(33)34-15-23-21-8-3-1-6-19(21)20-7-2-4-9-22(20)23/h1-4,6-11,14,23H,5,12-13,15-17H2,(H,31,32). The van der Waals surface area contributed by atoms with Crippen molar-refractivity contribution in [1.29, 1.82) is 0 Å². The first-order valence-corrected chi connectivity index (χ1v) is 12.3. The van der Waals surface area contributed by atoms with Crippen molar-refractivity contribution in [3.63, 3.8) is 0 Å². The summed E-state index contributed by atoms with van der Waals surface area (Å²) in [6.07, 6.45) is 2.46. The number of pyridine rings is 1. The van der Waals surface area contributed by atoms with Crippen LogP contribution < -0.4 is 0 Å². The second-order valence-corrected chi connectivity index (χ2v) is 9.69. The molecule has 1 unspecified atom stereocenters. The van der Waals surface area contributed by atoms with E-state index in [0.717, 1.165) is 16.7 Å². The predicted octanol–water partition coefficient (Wildman–Crippen LogP) is 5.19. The summed E-state index contributed by atoms with van der Waals surface area (Å²) in [4.78, 5) is 30.4. The predicted molar refractivity (Wildman–Crippen MR) is 133 cm³/mol. The molecule has 8 heteroatoms. The third-order valence-corrected chi connectivity index (χ3v) is 7.24. The molecule has 1 aliphatic carbocycles. The van der Waals surface area contributed by atoms with Gasteiger partial charge in [0.25, 0.3) is 0 Å². The first kappa shape index (κ1) is 23.5. The van der Waals surface area contributed by atoms with Crippen LogP contribution in [-0.2, 0) is 19.9 Å². The van der Waals surface area contributed by atoms with Gasteiger partial charge < -0.3 is 19.5 Å². The minimum Gasteiger partial charge on any atom is -0.480 e. The maximum atomic E-state index is 13.2. The number of benzene rings is 2. The highest BCUT2D eigenvalue weighted by Crippen LogP contribution is 2.44. The average Bonchev–Trinajstić information content (AvgIpc) is 3.20. The molecule has 0 radical (unpaired) electrons. The molecular weight excluding hydrogens is 512 g/mol. The number of ether oxygens (including phenoxy) is 2. The molecule has 1 N–H and O–H groups in total. The summed E-state index contributed by atoms with van der Waals surface area (Å²) in [5.74, 6) is -1.09. The Morgan fingerprint density at radius 2 is 1.74 bits per heavy atom. The van der Waals surface area contributed by atoms with Gasteiger partial charge in [0.2, 0.25) is 0 Å². The number of aromatic nitrogens is 1. The van der Waals surface area contributed by atoms with Crippen LogP contribution in [0.4, 0.5) is 4.79 Å². The van der Waals surface area contributed by atoms with Crippen LogP contribution in [0.5, 0.6) is 0 Å². The van der Waals surface area contributed by atoms with E-state index in [0.29, 0.717) is 24.0 Å². The number of rotatable bonds is 6. The number of nitrogens with zero attached hydrogens (tertiary/aromatic N) is 2. The Labute approximate surface area is 211 Å². The van der Waals surface area contributed by atoms with Gasteiger partial charge in [0.1, 0.15) is 23.4 Å². The van der Waals surface area contributed by atoms with Crippen molar-refractivity contribution in [2.75, 3.05) is 26.3 Å². The SMILES string of the molecule is O=C(O)COC1(c2ccc(Br)nc2)CCCN(C(=O)OCC2c3ccccc3-c3ccccc32)C1. The number of hydrogen-bond donors (Lipinski definition) is 1. The van der Waals surface area contributed by atoms with Crippen molar-refractivity contribution < 1.29 is 24.2 Å². The summed E-state index contributed by atoms with van der Waals surface area (Å²) in [6, 6.07) is 20.0. The number of halogens is 1. The van der Waals surface area contributed by atoms with E-state index in [4.69, 9.17) is 9.47 Å². The topological polar surface area (TPSA) is 89.0 Å². The molecule has 2 aromatic carbocycles. The fourth-order valence-corrected chi connectivity index (χ4v) is 5.38. The molecular formula is C27H25BrN2O5. The van der Waals surface area contributed by atoms with Gasteiger partial charge in [-0.05, 0) is 57.1 Å². The minimum absolute atomic E-state index is 0.0279. The summed E-state index contributed by atoms with van der Waals surface area (Å²) >= 11 is 3.33. The summed E-state index contributed by atoms with van der Waals surface area (Å²) in [7, 11) is 0. The van der Waals surface area contributed by atoms with E-state index in [1.165, 1.54) is 11.1 Å². The van der Waals surface area contributed by atoms with Crippen molar-refractivity contribution in [3.05, 3.63) is 88.2 Å². The molecule has 1 aliphatic heterocycles. The molecule has 180 valence electrons. The Kier molecular flexibility index (Phi) is 6.58.